The Hall–Kier alpha value is -6.48. The summed E-state index contributed by atoms with van der Waals surface area (Å²) in [7, 11) is 0. The molecule has 4 nitrogen and oxygen atoms in total. The van der Waals surface area contributed by atoms with Gasteiger partial charge in [0.2, 0.25) is 13.4 Å². The number of hydrogen-bond donors (Lipinski definition) is 1. The number of hydrogen-bond acceptors (Lipinski definition) is 4. The number of benzene rings is 8. The zero-order valence-corrected chi connectivity index (χ0v) is 35.9. The Morgan fingerprint density at radius 3 is 2.05 bits per heavy atom. The van der Waals surface area contributed by atoms with Crippen molar-refractivity contribution >= 4 is 89.4 Å². The molecule has 0 atom stereocenters. The molecule has 0 radical (unpaired) electrons. The average molecular weight is 961 g/mol. The summed E-state index contributed by atoms with van der Waals surface area (Å²) in [5.74, 6) is 1.45. The van der Waals surface area contributed by atoms with Gasteiger partial charge in [-0.15, -0.1) is 23.8 Å². The summed E-state index contributed by atoms with van der Waals surface area (Å²) in [6, 6.07) is 55.5. The third kappa shape index (κ3) is 5.06. The summed E-state index contributed by atoms with van der Waals surface area (Å²) in [6.45, 7) is 6.59. The quantitative estimate of drug-likeness (QED) is 0.110. The molecule has 0 saturated carbocycles. The molecule has 290 valence electrons. The van der Waals surface area contributed by atoms with Gasteiger partial charge in [0.15, 0.2) is 11.5 Å². The SMILES string of the molecule is CC(C)(C)c1cc(-c2cc(-c3ccccc3)ccn2)[c-]c(-c2ccc3c4ccc5cccc6c5c4c4c5c7c(c(O)c4c3n2)Oc2ccccc2B7c2ccccc2B65)c1.[Pt]. The van der Waals surface area contributed by atoms with Crippen molar-refractivity contribution in [2.75, 3.05) is 0 Å². The third-order valence-corrected chi connectivity index (χ3v) is 13.4. The van der Waals surface area contributed by atoms with Crippen molar-refractivity contribution in [3.8, 4) is 50.9 Å². The Balaban J connectivity index is 0.00000399. The normalized spacial score (nSPS) is 13.2. The number of pyridine rings is 2. The molecule has 0 spiro atoms. The van der Waals surface area contributed by atoms with Crippen LogP contribution in [0.2, 0.25) is 0 Å². The van der Waals surface area contributed by atoms with Gasteiger partial charge in [0.1, 0.15) is 5.75 Å². The van der Waals surface area contributed by atoms with Crippen molar-refractivity contribution in [1.82, 2.24) is 9.97 Å². The molecule has 3 aliphatic heterocycles. The summed E-state index contributed by atoms with van der Waals surface area (Å²) in [5.41, 5.74) is 14.7. The van der Waals surface area contributed by atoms with E-state index in [9.17, 15) is 5.11 Å². The van der Waals surface area contributed by atoms with E-state index in [0.717, 1.165) is 82.9 Å². The maximum absolute atomic E-state index is 12.9. The first-order valence-electron chi connectivity index (χ1n) is 20.8. The molecular weight excluding hydrogens is 925 g/mol. The summed E-state index contributed by atoms with van der Waals surface area (Å²) >= 11 is 0. The van der Waals surface area contributed by atoms with Crippen LogP contribution in [0.5, 0.6) is 17.2 Å². The van der Waals surface area contributed by atoms with Crippen LogP contribution < -0.4 is 37.5 Å². The van der Waals surface area contributed by atoms with Crippen LogP contribution in [0.15, 0.2) is 152 Å². The van der Waals surface area contributed by atoms with E-state index < -0.39 is 0 Å². The molecule has 0 amide bonds. The standard InChI is InChI=1S/C54H35B2N2O2.Pt/c1-54(2,3)35-27-33(26-34(28-35)43-29-32(24-25-57-43)30-12-5-4-6-13-30)42-23-22-37-36-21-20-31-14-11-18-41-45(31)46(36)47-48(51(37)58-42)52(59)53-50-49(47)56(41)39-16-8-7-15-38(39)55(50)40-17-9-10-19-44(40)60-53;/h4-25,27-29,59H,1-3H3;/q-1;. The second kappa shape index (κ2) is 13.0. The fraction of sp³-hybridized carbons (Fsp3) is 0.0741. The van der Waals surface area contributed by atoms with Crippen molar-refractivity contribution in [3.63, 3.8) is 0 Å². The van der Waals surface area contributed by atoms with Crippen LogP contribution in [0, 0.1) is 6.07 Å². The van der Waals surface area contributed by atoms with Crippen molar-refractivity contribution in [1.29, 1.82) is 0 Å². The van der Waals surface area contributed by atoms with Gasteiger partial charge in [-0.05, 0) is 66.5 Å². The maximum Gasteiger partial charge on any atom is 0.249 e. The third-order valence-electron chi connectivity index (χ3n) is 13.4. The van der Waals surface area contributed by atoms with Crippen molar-refractivity contribution in [2.24, 2.45) is 0 Å². The largest absolute Gasteiger partial charge is 0.504 e. The van der Waals surface area contributed by atoms with Crippen molar-refractivity contribution < 1.29 is 30.9 Å². The monoisotopic (exact) mass is 960 g/mol. The fourth-order valence-corrected chi connectivity index (χ4v) is 10.7. The number of fused-ring (bicyclic) bond motifs is 9. The predicted molar refractivity (Wildman–Crippen MR) is 250 cm³/mol. The van der Waals surface area contributed by atoms with E-state index in [-0.39, 0.29) is 45.7 Å². The van der Waals surface area contributed by atoms with Gasteiger partial charge in [-0.1, -0.05) is 175 Å². The first-order chi connectivity index (χ1) is 29.3. The van der Waals surface area contributed by atoms with E-state index in [1.54, 1.807) is 0 Å². The average Bonchev–Trinajstić information content (AvgIpc) is 3.29. The molecule has 7 heteroatoms. The number of phenols is 1. The van der Waals surface area contributed by atoms with E-state index in [1.165, 1.54) is 38.0 Å². The topological polar surface area (TPSA) is 55.2 Å². The molecular formula is C54H35B2N2O2Pt-. The number of rotatable bonds is 3. The molecule has 0 aliphatic carbocycles. The van der Waals surface area contributed by atoms with E-state index >= 15 is 0 Å². The summed E-state index contributed by atoms with van der Waals surface area (Å²) in [5, 5.41) is 20.5. The number of phenolic OH excluding ortho intramolecular Hbond substituents is 1. The maximum atomic E-state index is 12.9. The van der Waals surface area contributed by atoms with Crippen LogP contribution in [-0.4, -0.2) is 28.5 Å². The number of nitrogens with zero attached hydrogens (tertiary/aromatic N) is 2. The zero-order valence-electron chi connectivity index (χ0n) is 33.7. The Morgan fingerprint density at radius 2 is 1.26 bits per heavy atom. The van der Waals surface area contributed by atoms with Gasteiger partial charge in [0, 0.05) is 44.0 Å². The van der Waals surface area contributed by atoms with Crippen LogP contribution in [0.4, 0.5) is 0 Å². The molecule has 0 fully saturated rings. The first kappa shape index (κ1) is 36.4. The molecule has 10 aromatic rings. The van der Waals surface area contributed by atoms with Gasteiger partial charge in [-0.3, -0.25) is 9.97 Å². The molecule has 13 rings (SSSR count). The fourth-order valence-electron chi connectivity index (χ4n) is 10.7. The minimum atomic E-state index is -0.152. The zero-order chi connectivity index (χ0) is 40.0. The summed E-state index contributed by atoms with van der Waals surface area (Å²) in [6.07, 6.45) is 1.88. The van der Waals surface area contributed by atoms with Crippen LogP contribution in [0.1, 0.15) is 26.3 Å². The molecule has 3 aliphatic rings. The Kier molecular flexibility index (Phi) is 7.76. The van der Waals surface area contributed by atoms with Crippen molar-refractivity contribution in [2.45, 2.75) is 26.2 Å². The summed E-state index contributed by atoms with van der Waals surface area (Å²) in [4.78, 5) is 10.4. The van der Waals surface area contributed by atoms with Gasteiger partial charge in [0.05, 0.1) is 10.9 Å². The molecule has 2 aromatic heterocycles. The number of ether oxygens (including phenoxy) is 1. The van der Waals surface area contributed by atoms with Crippen LogP contribution in [-0.2, 0) is 26.5 Å². The second-order valence-electron chi connectivity index (χ2n) is 17.7. The molecule has 0 saturated heterocycles. The van der Waals surface area contributed by atoms with E-state index in [4.69, 9.17) is 14.7 Å². The first-order valence-corrected chi connectivity index (χ1v) is 20.8. The Morgan fingerprint density at radius 1 is 0.574 bits per heavy atom. The minimum absolute atomic E-state index is 0. The Bertz CT molecular complexity index is 3550. The molecule has 0 unspecified atom stereocenters. The van der Waals surface area contributed by atoms with Crippen LogP contribution in [0.3, 0.4) is 0 Å². The number of para-hydroxylation sites is 1. The van der Waals surface area contributed by atoms with Gasteiger partial charge < -0.3 is 9.84 Å². The van der Waals surface area contributed by atoms with Crippen LogP contribution in [0.25, 0.3) is 76.9 Å². The van der Waals surface area contributed by atoms with E-state index in [1.807, 2.05) is 24.4 Å². The second-order valence-corrected chi connectivity index (χ2v) is 17.7. The molecule has 0 bridgehead atoms. The van der Waals surface area contributed by atoms with Gasteiger partial charge in [0.25, 0.3) is 0 Å². The van der Waals surface area contributed by atoms with Gasteiger partial charge in [-0.2, -0.15) is 0 Å². The Labute approximate surface area is 368 Å². The summed E-state index contributed by atoms with van der Waals surface area (Å²) < 4.78 is 6.86. The molecule has 61 heavy (non-hydrogen) atoms. The van der Waals surface area contributed by atoms with Crippen molar-refractivity contribution in [3.05, 3.63) is 163 Å². The van der Waals surface area contributed by atoms with E-state index in [2.05, 4.69) is 154 Å². The van der Waals surface area contributed by atoms with E-state index in [0.29, 0.717) is 5.75 Å². The number of aromatic hydroxyl groups is 1. The minimum Gasteiger partial charge on any atom is -0.504 e. The van der Waals surface area contributed by atoms with Gasteiger partial charge in [-0.25, -0.2) is 0 Å². The smallest absolute Gasteiger partial charge is 0.249 e. The number of aromatic nitrogens is 2. The molecule has 8 aromatic carbocycles. The van der Waals surface area contributed by atoms with Crippen LogP contribution >= 0.6 is 0 Å². The predicted octanol–water partition coefficient (Wildman–Crippen LogP) is 8.66. The molecule has 1 N–H and O–H groups in total. The molecule has 5 heterocycles. The van der Waals surface area contributed by atoms with Gasteiger partial charge >= 0.3 is 0 Å².